The molecule has 150 valence electrons. The van der Waals surface area contributed by atoms with Gasteiger partial charge in [0.1, 0.15) is 11.6 Å². The number of carbonyl (C=O) groups excluding carboxylic acids is 1. The fourth-order valence-electron chi connectivity index (χ4n) is 3.78. The summed E-state index contributed by atoms with van der Waals surface area (Å²) in [5.74, 6) is -0.179. The molecule has 1 aromatic rings. The highest BCUT2D eigenvalue weighted by Gasteiger charge is 2.37. The Morgan fingerprint density at radius 1 is 1.32 bits per heavy atom. The number of rotatable bonds is 8. The van der Waals surface area contributed by atoms with Crippen LogP contribution < -0.4 is 4.90 Å². The first-order valence-corrected chi connectivity index (χ1v) is 10.2. The minimum absolute atomic E-state index is 0.0398. The number of hydrogen-bond acceptors (Lipinski definition) is 4. The molecule has 0 N–H and O–H groups in total. The number of ether oxygens (including phenoxy) is 1. The number of nitrogens with zero attached hydrogens (tertiary/aromatic N) is 2. The zero-order valence-corrected chi connectivity index (χ0v) is 17.8. The average Bonchev–Trinajstić information content (AvgIpc) is 2.89. The highest BCUT2D eigenvalue weighted by atomic mass is 16.5. The van der Waals surface area contributed by atoms with Crippen molar-refractivity contribution in [1.82, 2.24) is 0 Å². The van der Waals surface area contributed by atoms with Gasteiger partial charge in [0.05, 0.1) is 6.61 Å². The smallest absolute Gasteiger partial charge is 0.348 e. The normalized spacial score (nSPS) is 17.9. The number of unbranched alkanes of at least 4 members (excludes halogenated alkanes) is 1. The van der Waals surface area contributed by atoms with Crippen molar-refractivity contribution in [3.05, 3.63) is 53.3 Å². The monoisotopic (exact) mass is 380 g/mol. The highest BCUT2D eigenvalue weighted by Crippen LogP contribution is 2.46. The fourth-order valence-corrected chi connectivity index (χ4v) is 3.78. The molecule has 28 heavy (non-hydrogen) atoms. The van der Waals surface area contributed by atoms with Gasteiger partial charge in [0.2, 0.25) is 0 Å². The van der Waals surface area contributed by atoms with E-state index in [4.69, 9.17) is 4.74 Å². The standard InChI is InChI=1S/C24H32N2O2/c1-6-8-11-18(7-2)17-28-23(27)19(16-25)14-15-22-24(3,4)20-12-9-10-13-21(20)26(22)5/h9-10,12-15,18H,6-8,11,17H2,1-5H3. The summed E-state index contributed by atoms with van der Waals surface area (Å²) in [4.78, 5) is 14.5. The zero-order chi connectivity index (χ0) is 20.7. The van der Waals surface area contributed by atoms with Crippen molar-refractivity contribution in [2.75, 3.05) is 18.6 Å². The van der Waals surface area contributed by atoms with E-state index in [0.29, 0.717) is 12.5 Å². The summed E-state index contributed by atoms with van der Waals surface area (Å²) in [6.07, 6.45) is 7.74. The van der Waals surface area contributed by atoms with E-state index < -0.39 is 5.97 Å². The lowest BCUT2D eigenvalue weighted by molar-refractivity contribution is -0.140. The number of allylic oxidation sites excluding steroid dienone is 3. The molecule has 0 bridgehead atoms. The minimum atomic E-state index is -0.537. The largest absolute Gasteiger partial charge is 0.461 e. The Morgan fingerprint density at radius 2 is 2.04 bits per heavy atom. The van der Waals surface area contributed by atoms with Crippen molar-refractivity contribution in [2.45, 2.75) is 58.8 Å². The van der Waals surface area contributed by atoms with Crippen LogP contribution in [0.25, 0.3) is 0 Å². The number of likely N-dealkylation sites (N-methyl/N-ethyl adjacent to an activating group) is 1. The number of esters is 1. The zero-order valence-electron chi connectivity index (χ0n) is 17.8. The van der Waals surface area contributed by atoms with E-state index in [1.165, 1.54) is 5.56 Å². The third-order valence-electron chi connectivity index (χ3n) is 5.68. The van der Waals surface area contributed by atoms with Crippen LogP contribution in [0.15, 0.2) is 47.7 Å². The fraction of sp³-hybridized carbons (Fsp3) is 0.500. The topological polar surface area (TPSA) is 53.3 Å². The molecule has 0 amide bonds. The van der Waals surface area contributed by atoms with Gasteiger partial charge < -0.3 is 9.64 Å². The summed E-state index contributed by atoms with van der Waals surface area (Å²) in [6, 6.07) is 10.3. The SMILES string of the molecule is CCCCC(CC)COC(=O)C(C#N)=CC=C1N(C)c2ccccc2C1(C)C. The summed E-state index contributed by atoms with van der Waals surface area (Å²) in [7, 11) is 2.01. The van der Waals surface area contributed by atoms with Crippen LogP contribution in [0, 0.1) is 17.2 Å². The molecular weight excluding hydrogens is 348 g/mol. The second kappa shape index (κ2) is 9.59. The van der Waals surface area contributed by atoms with Crippen LogP contribution in [0.1, 0.15) is 58.9 Å². The molecule has 0 spiro atoms. The summed E-state index contributed by atoms with van der Waals surface area (Å²) in [5, 5.41) is 9.44. The Hall–Kier alpha value is -2.54. The molecule has 1 aromatic carbocycles. The Labute approximate surface area is 169 Å². The van der Waals surface area contributed by atoms with Gasteiger partial charge in [-0.05, 0) is 36.1 Å². The van der Waals surface area contributed by atoms with E-state index in [1.807, 2.05) is 31.3 Å². The molecule has 0 fully saturated rings. The van der Waals surface area contributed by atoms with Crippen LogP contribution in [-0.2, 0) is 14.9 Å². The summed E-state index contributed by atoms with van der Waals surface area (Å²) >= 11 is 0. The van der Waals surface area contributed by atoms with Crippen LogP contribution in [0.3, 0.4) is 0 Å². The molecule has 0 aliphatic carbocycles. The van der Waals surface area contributed by atoms with Crippen molar-refractivity contribution in [3.8, 4) is 6.07 Å². The Balaban J connectivity index is 2.14. The maximum absolute atomic E-state index is 12.4. The van der Waals surface area contributed by atoms with E-state index in [9.17, 15) is 10.1 Å². The summed E-state index contributed by atoms with van der Waals surface area (Å²) < 4.78 is 5.43. The highest BCUT2D eigenvalue weighted by molar-refractivity contribution is 5.93. The third kappa shape index (κ3) is 4.65. The average molecular weight is 381 g/mol. The van der Waals surface area contributed by atoms with Gasteiger partial charge in [0.15, 0.2) is 0 Å². The van der Waals surface area contributed by atoms with Gasteiger partial charge in [-0.15, -0.1) is 0 Å². The number of anilines is 1. The molecule has 1 heterocycles. The van der Waals surface area contributed by atoms with E-state index in [-0.39, 0.29) is 11.0 Å². The van der Waals surface area contributed by atoms with E-state index in [0.717, 1.165) is 37.1 Å². The van der Waals surface area contributed by atoms with Crippen molar-refractivity contribution < 1.29 is 9.53 Å². The number of benzene rings is 1. The van der Waals surface area contributed by atoms with Gasteiger partial charge in [0.25, 0.3) is 0 Å². The molecule has 4 heteroatoms. The Morgan fingerprint density at radius 3 is 2.64 bits per heavy atom. The molecule has 0 radical (unpaired) electrons. The molecule has 0 saturated heterocycles. The number of nitriles is 1. The maximum Gasteiger partial charge on any atom is 0.348 e. The summed E-state index contributed by atoms with van der Waals surface area (Å²) in [5.41, 5.74) is 3.27. The molecule has 1 atom stereocenters. The van der Waals surface area contributed by atoms with Gasteiger partial charge in [0, 0.05) is 23.8 Å². The van der Waals surface area contributed by atoms with Crippen molar-refractivity contribution >= 4 is 11.7 Å². The first kappa shape index (κ1) is 21.8. The van der Waals surface area contributed by atoms with Crippen LogP contribution in [-0.4, -0.2) is 19.6 Å². The molecular formula is C24H32N2O2. The van der Waals surface area contributed by atoms with Gasteiger partial charge in [-0.25, -0.2) is 4.79 Å². The van der Waals surface area contributed by atoms with Gasteiger partial charge in [-0.1, -0.05) is 65.2 Å². The van der Waals surface area contributed by atoms with Gasteiger partial charge in [-0.2, -0.15) is 5.26 Å². The first-order valence-electron chi connectivity index (χ1n) is 10.2. The molecule has 1 aliphatic rings. The van der Waals surface area contributed by atoms with Crippen LogP contribution >= 0.6 is 0 Å². The number of fused-ring (bicyclic) bond motifs is 1. The molecule has 0 saturated carbocycles. The van der Waals surface area contributed by atoms with Crippen molar-refractivity contribution in [1.29, 1.82) is 5.26 Å². The van der Waals surface area contributed by atoms with Crippen molar-refractivity contribution in [3.63, 3.8) is 0 Å². The van der Waals surface area contributed by atoms with Crippen LogP contribution in [0.2, 0.25) is 0 Å². The minimum Gasteiger partial charge on any atom is -0.461 e. The van der Waals surface area contributed by atoms with Gasteiger partial charge >= 0.3 is 5.97 Å². The lowest BCUT2D eigenvalue weighted by Crippen LogP contribution is -2.22. The lowest BCUT2D eigenvalue weighted by atomic mass is 9.83. The molecule has 4 nitrogen and oxygen atoms in total. The van der Waals surface area contributed by atoms with Crippen molar-refractivity contribution in [2.24, 2.45) is 5.92 Å². The van der Waals surface area contributed by atoms with E-state index >= 15 is 0 Å². The van der Waals surface area contributed by atoms with E-state index in [2.05, 4.69) is 44.7 Å². The van der Waals surface area contributed by atoms with Crippen LogP contribution in [0.4, 0.5) is 5.69 Å². The third-order valence-corrected chi connectivity index (χ3v) is 5.68. The molecule has 1 aliphatic heterocycles. The quantitative estimate of drug-likeness (QED) is 0.339. The van der Waals surface area contributed by atoms with E-state index in [1.54, 1.807) is 6.08 Å². The number of para-hydroxylation sites is 1. The Kier molecular flexibility index (Phi) is 7.45. The van der Waals surface area contributed by atoms with Crippen LogP contribution in [0.5, 0.6) is 0 Å². The van der Waals surface area contributed by atoms with Gasteiger partial charge in [-0.3, -0.25) is 0 Å². The molecule has 2 rings (SSSR count). The maximum atomic E-state index is 12.4. The number of carbonyl (C=O) groups is 1. The molecule has 1 unspecified atom stereocenters. The second-order valence-electron chi connectivity index (χ2n) is 7.96. The first-order chi connectivity index (χ1) is 13.4. The number of hydrogen-bond donors (Lipinski definition) is 0. The second-order valence-corrected chi connectivity index (χ2v) is 7.96. The molecule has 0 aromatic heterocycles. The lowest BCUT2D eigenvalue weighted by Gasteiger charge is -2.23. The predicted molar refractivity (Wildman–Crippen MR) is 114 cm³/mol. The predicted octanol–water partition coefficient (Wildman–Crippen LogP) is 5.51. The Bertz CT molecular complexity index is 799. The summed E-state index contributed by atoms with van der Waals surface area (Å²) in [6.45, 7) is 8.94.